The molecule has 0 atom stereocenters. The van der Waals surface area contributed by atoms with Crippen LogP contribution in [0.2, 0.25) is 0 Å². The van der Waals surface area contributed by atoms with E-state index in [9.17, 15) is 0 Å². The first kappa shape index (κ1) is 7.15. The van der Waals surface area contributed by atoms with Gasteiger partial charge in [0.15, 0.2) is 0 Å². The fraction of sp³-hybridized carbons (Fsp3) is 0.286. The summed E-state index contributed by atoms with van der Waals surface area (Å²) >= 11 is 0. The molecule has 0 rings (SSSR count). The highest BCUT2D eigenvalue weighted by Gasteiger charge is 1.59. The van der Waals surface area contributed by atoms with Crippen LogP contribution >= 0.6 is 0 Å². The van der Waals surface area contributed by atoms with Crippen LogP contribution in [0.1, 0.15) is 13.3 Å². The van der Waals surface area contributed by atoms with E-state index in [-0.39, 0.29) is 0 Å². The Morgan fingerprint density at radius 1 is 1.62 bits per heavy atom. The second kappa shape index (κ2) is 6.15. The Balaban J connectivity index is 3.26. The van der Waals surface area contributed by atoms with Gasteiger partial charge in [-0.05, 0) is 12.5 Å². The Bertz CT molecular complexity index is 101. The zero-order valence-corrected chi connectivity index (χ0v) is 5.17. The predicted molar refractivity (Wildman–Crippen MR) is 38.1 cm³/mol. The Hall–Kier alpha value is -0.850. The van der Waals surface area contributed by atoms with Crippen LogP contribution in [-0.2, 0) is 0 Å². The molecule has 0 aromatic carbocycles. The standard InChI is InChI=1S/C7H11N/c1-3-5-7-8-6-4-2/h3,5-7H,1,4H2,2H3/b7-5-,8-6+. The van der Waals surface area contributed by atoms with Crippen molar-refractivity contribution in [3.8, 4) is 0 Å². The monoisotopic (exact) mass is 109 g/mol. The molecule has 0 saturated heterocycles. The van der Waals surface area contributed by atoms with Crippen molar-refractivity contribution < 1.29 is 0 Å². The van der Waals surface area contributed by atoms with Crippen molar-refractivity contribution in [2.45, 2.75) is 13.3 Å². The van der Waals surface area contributed by atoms with Crippen LogP contribution in [0.25, 0.3) is 0 Å². The van der Waals surface area contributed by atoms with Crippen LogP contribution in [0.5, 0.6) is 0 Å². The first-order chi connectivity index (χ1) is 3.91. The van der Waals surface area contributed by atoms with E-state index < -0.39 is 0 Å². The molecule has 8 heavy (non-hydrogen) atoms. The maximum atomic E-state index is 3.90. The lowest BCUT2D eigenvalue weighted by Gasteiger charge is -1.72. The summed E-state index contributed by atoms with van der Waals surface area (Å²) in [5.41, 5.74) is 0. The number of rotatable bonds is 3. The molecule has 0 bridgehead atoms. The van der Waals surface area contributed by atoms with Gasteiger partial charge in [0.25, 0.3) is 0 Å². The average Bonchev–Trinajstić information content (AvgIpc) is 1.81. The van der Waals surface area contributed by atoms with E-state index in [1.165, 1.54) is 0 Å². The molecular formula is C7H11N. The van der Waals surface area contributed by atoms with E-state index in [1.54, 1.807) is 18.4 Å². The van der Waals surface area contributed by atoms with Crippen molar-refractivity contribution in [2.75, 3.05) is 0 Å². The minimum Gasteiger partial charge on any atom is -0.269 e. The molecule has 0 spiro atoms. The van der Waals surface area contributed by atoms with E-state index in [1.807, 2.05) is 13.1 Å². The molecule has 0 aromatic rings. The summed E-state index contributed by atoms with van der Waals surface area (Å²) in [5.74, 6) is 0. The van der Waals surface area contributed by atoms with E-state index in [4.69, 9.17) is 0 Å². The molecular weight excluding hydrogens is 98.1 g/mol. The molecule has 0 N–H and O–H groups in total. The lowest BCUT2D eigenvalue weighted by Crippen LogP contribution is -1.61. The SMILES string of the molecule is C=C/C=C\N=C\CC. The van der Waals surface area contributed by atoms with Gasteiger partial charge in [0, 0.05) is 12.4 Å². The predicted octanol–water partition coefficient (Wildman–Crippen LogP) is 2.17. The van der Waals surface area contributed by atoms with Crippen LogP contribution in [0.15, 0.2) is 29.9 Å². The van der Waals surface area contributed by atoms with Gasteiger partial charge in [-0.1, -0.05) is 19.6 Å². The molecule has 0 aliphatic heterocycles. The molecule has 0 aromatic heterocycles. The topological polar surface area (TPSA) is 12.4 Å². The highest BCUT2D eigenvalue weighted by Crippen LogP contribution is 1.74. The second-order valence-electron chi connectivity index (χ2n) is 1.32. The Morgan fingerprint density at radius 3 is 2.88 bits per heavy atom. The lowest BCUT2D eigenvalue weighted by atomic mass is 10.5. The highest BCUT2D eigenvalue weighted by molar-refractivity contribution is 5.57. The third-order valence-corrected chi connectivity index (χ3v) is 0.596. The zero-order chi connectivity index (χ0) is 6.24. The number of allylic oxidation sites excluding steroid dienone is 2. The summed E-state index contributed by atoms with van der Waals surface area (Å²) in [6.45, 7) is 5.54. The summed E-state index contributed by atoms with van der Waals surface area (Å²) in [7, 11) is 0. The summed E-state index contributed by atoms with van der Waals surface area (Å²) in [6.07, 6.45) is 8.05. The van der Waals surface area contributed by atoms with Crippen molar-refractivity contribution in [1.82, 2.24) is 0 Å². The fourth-order valence-corrected chi connectivity index (χ4v) is 0.277. The van der Waals surface area contributed by atoms with Gasteiger partial charge in [0.2, 0.25) is 0 Å². The van der Waals surface area contributed by atoms with Crippen molar-refractivity contribution in [3.05, 3.63) is 24.9 Å². The summed E-state index contributed by atoms with van der Waals surface area (Å²) in [4.78, 5) is 3.90. The maximum absolute atomic E-state index is 3.90. The molecule has 0 radical (unpaired) electrons. The van der Waals surface area contributed by atoms with Crippen LogP contribution in [-0.4, -0.2) is 6.21 Å². The van der Waals surface area contributed by atoms with Gasteiger partial charge in [-0.25, -0.2) is 0 Å². The Morgan fingerprint density at radius 2 is 2.38 bits per heavy atom. The van der Waals surface area contributed by atoms with Crippen molar-refractivity contribution in [3.63, 3.8) is 0 Å². The Labute approximate surface area is 50.4 Å². The molecule has 0 fully saturated rings. The maximum Gasteiger partial charge on any atom is 0.0263 e. The molecule has 0 aliphatic rings. The molecule has 0 unspecified atom stereocenters. The molecule has 1 heteroatoms. The van der Waals surface area contributed by atoms with E-state index in [2.05, 4.69) is 11.6 Å². The quantitative estimate of drug-likeness (QED) is 0.389. The van der Waals surface area contributed by atoms with Gasteiger partial charge in [-0.3, -0.25) is 4.99 Å². The van der Waals surface area contributed by atoms with Crippen molar-refractivity contribution >= 4 is 6.21 Å². The second-order valence-corrected chi connectivity index (χ2v) is 1.32. The minimum atomic E-state index is 0.988. The molecule has 0 amide bonds. The summed E-state index contributed by atoms with van der Waals surface area (Å²) in [5, 5.41) is 0. The molecule has 1 nitrogen and oxygen atoms in total. The van der Waals surface area contributed by atoms with Crippen LogP contribution in [0, 0.1) is 0 Å². The zero-order valence-electron chi connectivity index (χ0n) is 5.17. The van der Waals surface area contributed by atoms with Crippen molar-refractivity contribution in [1.29, 1.82) is 0 Å². The third kappa shape index (κ3) is 5.15. The molecule has 0 aliphatic carbocycles. The van der Waals surface area contributed by atoms with E-state index in [0.29, 0.717) is 0 Å². The number of hydrogen-bond acceptors (Lipinski definition) is 1. The van der Waals surface area contributed by atoms with Gasteiger partial charge >= 0.3 is 0 Å². The van der Waals surface area contributed by atoms with Gasteiger partial charge in [0.05, 0.1) is 0 Å². The van der Waals surface area contributed by atoms with Gasteiger partial charge in [-0.15, -0.1) is 0 Å². The van der Waals surface area contributed by atoms with Crippen LogP contribution in [0.3, 0.4) is 0 Å². The molecule has 0 heterocycles. The largest absolute Gasteiger partial charge is 0.269 e. The summed E-state index contributed by atoms with van der Waals surface area (Å²) in [6, 6.07) is 0. The lowest BCUT2D eigenvalue weighted by molar-refractivity contribution is 1.31. The Kier molecular flexibility index (Phi) is 5.50. The number of hydrogen-bond donors (Lipinski definition) is 0. The first-order valence-electron chi connectivity index (χ1n) is 2.71. The van der Waals surface area contributed by atoms with E-state index >= 15 is 0 Å². The summed E-state index contributed by atoms with van der Waals surface area (Å²) < 4.78 is 0. The van der Waals surface area contributed by atoms with E-state index in [0.717, 1.165) is 6.42 Å². The molecule has 0 saturated carbocycles. The van der Waals surface area contributed by atoms with Gasteiger partial charge < -0.3 is 0 Å². The van der Waals surface area contributed by atoms with Crippen LogP contribution < -0.4 is 0 Å². The first-order valence-corrected chi connectivity index (χ1v) is 2.71. The van der Waals surface area contributed by atoms with Crippen molar-refractivity contribution in [2.24, 2.45) is 4.99 Å². The number of aliphatic imine (C=N–C) groups is 1. The number of nitrogens with zero attached hydrogens (tertiary/aromatic N) is 1. The normalized spacial score (nSPS) is 11.1. The highest BCUT2D eigenvalue weighted by atomic mass is 14.7. The third-order valence-electron chi connectivity index (χ3n) is 0.596. The van der Waals surface area contributed by atoms with Gasteiger partial charge in [-0.2, -0.15) is 0 Å². The average molecular weight is 109 g/mol. The van der Waals surface area contributed by atoms with Crippen LogP contribution in [0.4, 0.5) is 0 Å². The molecule has 44 valence electrons. The smallest absolute Gasteiger partial charge is 0.0263 e. The minimum absolute atomic E-state index is 0.988. The van der Waals surface area contributed by atoms with Gasteiger partial charge in [0.1, 0.15) is 0 Å². The fourth-order valence-electron chi connectivity index (χ4n) is 0.277.